The second-order valence-corrected chi connectivity index (χ2v) is 8.07. The predicted octanol–water partition coefficient (Wildman–Crippen LogP) is 3.00. The molecule has 2 aromatic rings. The van der Waals surface area contributed by atoms with Crippen LogP contribution in [0, 0.1) is 0 Å². The zero-order valence-corrected chi connectivity index (χ0v) is 18.3. The van der Waals surface area contributed by atoms with Crippen molar-refractivity contribution in [2.45, 2.75) is 46.3 Å². The summed E-state index contributed by atoms with van der Waals surface area (Å²) in [5, 5.41) is 2.86. The van der Waals surface area contributed by atoms with Gasteiger partial charge in [-0.05, 0) is 46.8 Å². The van der Waals surface area contributed by atoms with Crippen molar-refractivity contribution in [1.29, 1.82) is 0 Å². The first kappa shape index (κ1) is 23.1. The van der Waals surface area contributed by atoms with Gasteiger partial charge < -0.3 is 19.9 Å². The molecule has 1 aromatic carbocycles. The van der Waals surface area contributed by atoms with Crippen molar-refractivity contribution in [2.24, 2.45) is 5.73 Å². The summed E-state index contributed by atoms with van der Waals surface area (Å²) in [6, 6.07) is 4.58. The van der Waals surface area contributed by atoms with Crippen LogP contribution in [-0.2, 0) is 9.53 Å². The van der Waals surface area contributed by atoms with E-state index >= 15 is 0 Å². The van der Waals surface area contributed by atoms with Crippen LogP contribution in [0.4, 0.5) is 5.13 Å². The molecular formula is C20H25N3O6S. The summed E-state index contributed by atoms with van der Waals surface area (Å²) in [6.07, 6.45) is 1.19. The van der Waals surface area contributed by atoms with Crippen LogP contribution >= 0.6 is 11.3 Å². The van der Waals surface area contributed by atoms with E-state index in [0.29, 0.717) is 5.75 Å². The summed E-state index contributed by atoms with van der Waals surface area (Å²) >= 11 is 0.996. The third-order valence-corrected chi connectivity index (χ3v) is 4.58. The van der Waals surface area contributed by atoms with E-state index in [1.165, 1.54) is 26.1 Å². The van der Waals surface area contributed by atoms with Crippen molar-refractivity contribution in [3.05, 3.63) is 34.8 Å². The van der Waals surface area contributed by atoms with E-state index < -0.39 is 23.4 Å². The highest BCUT2D eigenvalue weighted by atomic mass is 32.1. The molecule has 0 fully saturated rings. The van der Waals surface area contributed by atoms with E-state index in [-0.39, 0.29) is 34.0 Å². The van der Waals surface area contributed by atoms with Crippen molar-refractivity contribution in [3.63, 3.8) is 0 Å². The smallest absolute Gasteiger partial charge is 0.350 e. The molecule has 0 radical (unpaired) electrons. The lowest BCUT2D eigenvalue weighted by Crippen LogP contribution is -2.43. The van der Waals surface area contributed by atoms with E-state index in [1.807, 2.05) is 13.8 Å². The van der Waals surface area contributed by atoms with Crippen LogP contribution in [0.5, 0.6) is 11.5 Å². The Kier molecular flexibility index (Phi) is 7.38. The molecule has 0 spiro atoms. The van der Waals surface area contributed by atoms with Gasteiger partial charge in [0.2, 0.25) is 0 Å². The highest BCUT2D eigenvalue weighted by molar-refractivity contribution is 7.17. The van der Waals surface area contributed by atoms with Gasteiger partial charge in [0, 0.05) is 11.6 Å². The molecular weight excluding hydrogens is 410 g/mol. The van der Waals surface area contributed by atoms with Crippen molar-refractivity contribution < 1.29 is 28.6 Å². The first-order valence-corrected chi connectivity index (χ1v) is 10.1. The minimum absolute atomic E-state index is 0.147. The Morgan fingerprint density at radius 2 is 1.87 bits per heavy atom. The zero-order chi connectivity index (χ0) is 22.5. The molecule has 162 valence electrons. The second-order valence-electron chi connectivity index (χ2n) is 7.04. The van der Waals surface area contributed by atoms with Gasteiger partial charge in [0.15, 0.2) is 10.7 Å². The van der Waals surface area contributed by atoms with Gasteiger partial charge in [0.1, 0.15) is 16.4 Å². The maximum Gasteiger partial charge on any atom is 0.350 e. The number of hydrogen-bond acceptors (Lipinski definition) is 8. The van der Waals surface area contributed by atoms with Gasteiger partial charge in [-0.1, -0.05) is 11.3 Å². The van der Waals surface area contributed by atoms with Gasteiger partial charge in [0.05, 0.1) is 18.9 Å². The van der Waals surface area contributed by atoms with E-state index in [9.17, 15) is 14.4 Å². The minimum Gasteiger partial charge on any atom is -0.491 e. The van der Waals surface area contributed by atoms with E-state index in [0.717, 1.165) is 11.3 Å². The molecule has 0 atom stereocenters. The lowest BCUT2D eigenvalue weighted by atomic mass is 10.1. The summed E-state index contributed by atoms with van der Waals surface area (Å²) in [5.41, 5.74) is 4.30. The molecule has 30 heavy (non-hydrogen) atoms. The van der Waals surface area contributed by atoms with E-state index in [2.05, 4.69) is 10.3 Å². The topological polar surface area (TPSA) is 130 Å². The lowest BCUT2D eigenvalue weighted by Gasteiger charge is -2.23. The summed E-state index contributed by atoms with van der Waals surface area (Å²) in [4.78, 5) is 40.4. The summed E-state index contributed by atoms with van der Waals surface area (Å²) in [5.74, 6) is -1.02. The summed E-state index contributed by atoms with van der Waals surface area (Å²) in [7, 11) is 0. The molecule has 1 heterocycles. The van der Waals surface area contributed by atoms with Crippen LogP contribution in [0.1, 0.15) is 54.6 Å². The van der Waals surface area contributed by atoms with Crippen LogP contribution in [-0.4, -0.2) is 41.1 Å². The molecule has 0 saturated carbocycles. The van der Waals surface area contributed by atoms with Crippen molar-refractivity contribution in [3.8, 4) is 11.5 Å². The number of carbonyl (C=O) groups excluding carboxylic acids is 3. The number of anilines is 1. The monoisotopic (exact) mass is 435 g/mol. The van der Waals surface area contributed by atoms with Crippen molar-refractivity contribution >= 4 is 34.3 Å². The number of hydrogen-bond donors (Lipinski definition) is 2. The number of nitrogens with zero attached hydrogens (tertiary/aromatic N) is 1. The number of esters is 1. The van der Waals surface area contributed by atoms with Crippen LogP contribution < -0.4 is 20.5 Å². The largest absolute Gasteiger partial charge is 0.491 e. The Morgan fingerprint density at radius 3 is 2.47 bits per heavy atom. The average molecular weight is 436 g/mol. The Balaban J connectivity index is 2.27. The Bertz CT molecular complexity index is 938. The number of benzene rings is 1. The molecule has 1 aromatic heterocycles. The number of primary amides is 1. The fourth-order valence-corrected chi connectivity index (χ4v) is 2.95. The zero-order valence-electron chi connectivity index (χ0n) is 17.5. The predicted molar refractivity (Wildman–Crippen MR) is 112 cm³/mol. The molecule has 0 unspecified atom stereocenters. The van der Waals surface area contributed by atoms with Gasteiger partial charge in [-0.2, -0.15) is 0 Å². The first-order chi connectivity index (χ1) is 14.0. The molecule has 0 saturated heterocycles. The van der Waals surface area contributed by atoms with Gasteiger partial charge in [0.25, 0.3) is 11.8 Å². The fraction of sp³-hybridized carbons (Fsp3) is 0.400. The number of thiazole rings is 1. The molecule has 0 aliphatic heterocycles. The second kappa shape index (κ2) is 9.57. The molecule has 0 aliphatic carbocycles. The number of ether oxygens (including phenoxy) is 3. The Labute approximate surface area is 178 Å². The number of carbonyl (C=O) groups is 3. The number of amides is 2. The van der Waals surface area contributed by atoms with Crippen LogP contribution in [0.25, 0.3) is 0 Å². The maximum absolute atomic E-state index is 12.7. The molecule has 10 heteroatoms. The molecule has 9 nitrogen and oxygen atoms in total. The first-order valence-electron chi connectivity index (χ1n) is 9.26. The Hall–Kier alpha value is -3.14. The van der Waals surface area contributed by atoms with Crippen LogP contribution in [0.2, 0.25) is 0 Å². The van der Waals surface area contributed by atoms with E-state index in [1.54, 1.807) is 19.1 Å². The van der Waals surface area contributed by atoms with Gasteiger partial charge in [-0.3, -0.25) is 14.9 Å². The SMILES string of the molecule is CCOC(=O)c1cnc(NC(=O)c2cc(OC(C)C)cc(OC(C)(C)C(N)=O)c2)s1. The number of rotatable bonds is 9. The molecule has 0 aliphatic rings. The van der Waals surface area contributed by atoms with E-state index in [4.69, 9.17) is 19.9 Å². The fourth-order valence-electron chi connectivity index (χ4n) is 2.24. The summed E-state index contributed by atoms with van der Waals surface area (Å²) in [6.45, 7) is 8.67. The van der Waals surface area contributed by atoms with Crippen molar-refractivity contribution in [2.75, 3.05) is 11.9 Å². The standard InChI is InChI=1S/C20H25N3O6S/c1-6-27-17(25)15-10-22-19(30-15)23-16(24)12-7-13(28-11(2)3)9-14(8-12)29-20(4,5)18(21)26/h7-11H,6H2,1-5H3,(H2,21,26)(H,22,23,24). The van der Waals surface area contributed by atoms with Gasteiger partial charge in [-0.25, -0.2) is 9.78 Å². The lowest BCUT2D eigenvalue weighted by molar-refractivity contribution is -0.130. The third kappa shape index (κ3) is 6.18. The Morgan fingerprint density at radius 1 is 1.20 bits per heavy atom. The van der Waals surface area contributed by atoms with Crippen LogP contribution in [0.15, 0.2) is 24.4 Å². The number of nitrogens with two attached hydrogens (primary N) is 1. The van der Waals surface area contributed by atoms with Crippen LogP contribution in [0.3, 0.4) is 0 Å². The minimum atomic E-state index is -1.28. The highest BCUT2D eigenvalue weighted by Gasteiger charge is 2.28. The van der Waals surface area contributed by atoms with Crippen molar-refractivity contribution in [1.82, 2.24) is 4.98 Å². The average Bonchev–Trinajstić information content (AvgIpc) is 3.09. The number of aromatic nitrogens is 1. The number of nitrogens with one attached hydrogen (secondary N) is 1. The molecule has 2 amide bonds. The molecule has 0 bridgehead atoms. The molecule has 3 N–H and O–H groups in total. The normalized spacial score (nSPS) is 11.1. The van der Waals surface area contributed by atoms with Gasteiger partial charge in [-0.15, -0.1) is 0 Å². The quantitative estimate of drug-likeness (QED) is 0.579. The third-order valence-electron chi connectivity index (χ3n) is 3.68. The summed E-state index contributed by atoms with van der Waals surface area (Å²) < 4.78 is 16.3. The molecule has 2 rings (SSSR count). The highest BCUT2D eigenvalue weighted by Crippen LogP contribution is 2.28. The van der Waals surface area contributed by atoms with Gasteiger partial charge >= 0.3 is 5.97 Å². The maximum atomic E-state index is 12.7.